The summed E-state index contributed by atoms with van der Waals surface area (Å²) in [5, 5.41) is 2.86. The van der Waals surface area contributed by atoms with Crippen molar-refractivity contribution in [3.8, 4) is 0 Å². The second-order valence-electron chi connectivity index (χ2n) is 5.72. The maximum Gasteiger partial charge on any atom is 0.244 e. The Kier molecular flexibility index (Phi) is 5.52. The van der Waals surface area contributed by atoms with Crippen molar-refractivity contribution in [3.05, 3.63) is 65.2 Å². The molecule has 2 aromatic rings. The second-order valence-corrected chi connectivity index (χ2v) is 5.72. The molecule has 1 N–H and O–H groups in total. The second kappa shape index (κ2) is 7.58. The zero-order chi connectivity index (χ0) is 16.8. The van der Waals surface area contributed by atoms with Gasteiger partial charge in [0.1, 0.15) is 6.54 Å². The van der Waals surface area contributed by atoms with Gasteiger partial charge < -0.3 is 10.2 Å². The lowest BCUT2D eigenvalue weighted by Crippen LogP contribution is -2.36. The Morgan fingerprint density at radius 3 is 2.26 bits per heavy atom. The van der Waals surface area contributed by atoms with Gasteiger partial charge in [0.15, 0.2) is 0 Å². The lowest BCUT2D eigenvalue weighted by molar-refractivity contribution is -0.133. The van der Waals surface area contributed by atoms with Crippen LogP contribution < -0.4 is 5.32 Å². The van der Waals surface area contributed by atoms with E-state index >= 15 is 0 Å². The van der Waals surface area contributed by atoms with Crippen LogP contribution in [0, 0.1) is 13.8 Å². The fourth-order valence-electron chi connectivity index (χ4n) is 2.27. The van der Waals surface area contributed by atoms with Crippen LogP contribution in [0.5, 0.6) is 0 Å². The topological polar surface area (TPSA) is 49.4 Å². The summed E-state index contributed by atoms with van der Waals surface area (Å²) in [4.78, 5) is 25.6. The summed E-state index contributed by atoms with van der Waals surface area (Å²) >= 11 is 0. The van der Waals surface area contributed by atoms with Crippen molar-refractivity contribution >= 4 is 17.5 Å². The minimum Gasteiger partial charge on any atom is -0.329 e. The van der Waals surface area contributed by atoms with Gasteiger partial charge in [0.25, 0.3) is 0 Å². The first-order valence-corrected chi connectivity index (χ1v) is 7.62. The van der Waals surface area contributed by atoms with Crippen molar-refractivity contribution in [2.24, 2.45) is 0 Å². The smallest absolute Gasteiger partial charge is 0.244 e. The number of hydrogen-bond acceptors (Lipinski definition) is 2. The molecule has 0 radical (unpaired) electrons. The highest BCUT2D eigenvalue weighted by Crippen LogP contribution is 2.13. The molecule has 0 atom stereocenters. The van der Waals surface area contributed by atoms with Crippen molar-refractivity contribution in [1.82, 2.24) is 4.90 Å². The molecular weight excluding hydrogens is 288 g/mol. The van der Waals surface area contributed by atoms with Crippen molar-refractivity contribution in [3.63, 3.8) is 0 Å². The van der Waals surface area contributed by atoms with E-state index < -0.39 is 0 Å². The molecule has 0 spiro atoms. The van der Waals surface area contributed by atoms with E-state index in [4.69, 9.17) is 0 Å². The van der Waals surface area contributed by atoms with Gasteiger partial charge in [-0.05, 0) is 31.0 Å². The third-order valence-electron chi connectivity index (χ3n) is 3.69. The monoisotopic (exact) mass is 310 g/mol. The maximum atomic E-state index is 12.2. The first-order valence-electron chi connectivity index (χ1n) is 7.62. The molecule has 0 saturated carbocycles. The van der Waals surface area contributed by atoms with Crippen LogP contribution in [0.15, 0.2) is 48.5 Å². The summed E-state index contributed by atoms with van der Waals surface area (Å²) in [7, 11) is 0. The minimum absolute atomic E-state index is 0.0392. The average molecular weight is 310 g/mol. The standard InChI is InChI=1S/C19H22N2O2/c1-14-8-10-17(11-9-14)12-21(16(3)22)13-19(23)20-18-7-5-4-6-15(18)2/h4-11H,12-13H2,1-3H3,(H,20,23). The third-order valence-corrected chi connectivity index (χ3v) is 3.69. The number of benzene rings is 2. The van der Waals surface area contributed by atoms with Crippen LogP contribution >= 0.6 is 0 Å². The number of amides is 2. The Morgan fingerprint density at radius 1 is 1.00 bits per heavy atom. The van der Waals surface area contributed by atoms with Gasteiger partial charge in [-0.15, -0.1) is 0 Å². The van der Waals surface area contributed by atoms with E-state index in [9.17, 15) is 9.59 Å². The van der Waals surface area contributed by atoms with Gasteiger partial charge in [0.2, 0.25) is 11.8 Å². The fourth-order valence-corrected chi connectivity index (χ4v) is 2.27. The van der Waals surface area contributed by atoms with Gasteiger partial charge in [-0.3, -0.25) is 9.59 Å². The molecule has 2 aromatic carbocycles. The number of carbonyl (C=O) groups excluding carboxylic acids is 2. The Bertz CT molecular complexity index is 693. The van der Waals surface area contributed by atoms with Gasteiger partial charge in [-0.25, -0.2) is 0 Å². The molecule has 0 unspecified atom stereocenters. The Morgan fingerprint density at radius 2 is 1.65 bits per heavy atom. The number of anilines is 1. The lowest BCUT2D eigenvalue weighted by atomic mass is 10.1. The van der Waals surface area contributed by atoms with E-state index in [1.54, 1.807) is 0 Å². The van der Waals surface area contributed by atoms with Gasteiger partial charge in [-0.2, -0.15) is 0 Å². The molecule has 0 bridgehead atoms. The minimum atomic E-state index is -0.193. The van der Waals surface area contributed by atoms with Crippen molar-refractivity contribution < 1.29 is 9.59 Å². The lowest BCUT2D eigenvalue weighted by Gasteiger charge is -2.21. The number of nitrogens with one attached hydrogen (secondary N) is 1. The molecule has 0 aliphatic rings. The molecule has 0 saturated heterocycles. The van der Waals surface area contributed by atoms with Crippen LogP contribution in [0.2, 0.25) is 0 Å². The Labute approximate surface area is 137 Å². The van der Waals surface area contributed by atoms with Crippen molar-refractivity contribution in [2.75, 3.05) is 11.9 Å². The maximum absolute atomic E-state index is 12.2. The van der Waals surface area contributed by atoms with E-state index in [0.717, 1.165) is 16.8 Å². The van der Waals surface area contributed by atoms with Crippen LogP contribution in [0.3, 0.4) is 0 Å². The first kappa shape index (κ1) is 16.7. The predicted octanol–water partition coefficient (Wildman–Crippen LogP) is 3.29. The zero-order valence-corrected chi connectivity index (χ0v) is 13.8. The molecule has 4 nitrogen and oxygen atoms in total. The van der Waals surface area contributed by atoms with E-state index in [-0.39, 0.29) is 18.4 Å². The zero-order valence-electron chi connectivity index (χ0n) is 13.8. The Balaban J connectivity index is 2.01. The number of carbonyl (C=O) groups is 2. The molecule has 2 amide bonds. The van der Waals surface area contributed by atoms with E-state index in [1.807, 2.05) is 62.4 Å². The van der Waals surface area contributed by atoms with Crippen LogP contribution in [-0.2, 0) is 16.1 Å². The molecule has 120 valence electrons. The highest BCUT2D eigenvalue weighted by atomic mass is 16.2. The van der Waals surface area contributed by atoms with E-state index in [0.29, 0.717) is 6.54 Å². The van der Waals surface area contributed by atoms with Crippen LogP contribution in [0.1, 0.15) is 23.6 Å². The summed E-state index contributed by atoms with van der Waals surface area (Å²) < 4.78 is 0. The van der Waals surface area contributed by atoms with Gasteiger partial charge in [0, 0.05) is 19.2 Å². The number of aryl methyl sites for hydroxylation is 2. The summed E-state index contributed by atoms with van der Waals surface area (Å²) in [6, 6.07) is 15.5. The average Bonchev–Trinajstić information content (AvgIpc) is 2.51. The van der Waals surface area contributed by atoms with E-state index in [2.05, 4.69) is 5.32 Å². The molecule has 4 heteroatoms. The van der Waals surface area contributed by atoms with Gasteiger partial charge in [0.05, 0.1) is 0 Å². The molecule has 0 fully saturated rings. The largest absolute Gasteiger partial charge is 0.329 e. The number of rotatable bonds is 5. The molecule has 0 aliphatic carbocycles. The molecule has 0 aromatic heterocycles. The number of nitrogens with zero attached hydrogens (tertiary/aromatic N) is 1. The summed E-state index contributed by atoms with van der Waals surface area (Å²) in [6.07, 6.45) is 0. The molecular formula is C19H22N2O2. The molecule has 0 aliphatic heterocycles. The van der Waals surface area contributed by atoms with Gasteiger partial charge >= 0.3 is 0 Å². The number of para-hydroxylation sites is 1. The van der Waals surface area contributed by atoms with Crippen LogP contribution in [-0.4, -0.2) is 23.3 Å². The van der Waals surface area contributed by atoms with Crippen LogP contribution in [0.4, 0.5) is 5.69 Å². The highest BCUT2D eigenvalue weighted by molar-refractivity contribution is 5.94. The molecule has 0 heterocycles. The number of hydrogen-bond donors (Lipinski definition) is 1. The van der Waals surface area contributed by atoms with Gasteiger partial charge in [-0.1, -0.05) is 48.0 Å². The summed E-state index contributed by atoms with van der Waals surface area (Å²) in [6.45, 7) is 5.90. The van der Waals surface area contributed by atoms with E-state index in [1.165, 1.54) is 17.4 Å². The predicted molar refractivity (Wildman–Crippen MR) is 92.1 cm³/mol. The highest BCUT2D eigenvalue weighted by Gasteiger charge is 2.14. The Hall–Kier alpha value is -2.62. The summed E-state index contributed by atoms with van der Waals surface area (Å²) in [5.74, 6) is -0.313. The quantitative estimate of drug-likeness (QED) is 0.921. The van der Waals surface area contributed by atoms with Crippen molar-refractivity contribution in [2.45, 2.75) is 27.3 Å². The molecule has 23 heavy (non-hydrogen) atoms. The first-order chi connectivity index (χ1) is 11.0. The third kappa shape index (κ3) is 4.95. The molecule has 2 rings (SSSR count). The normalized spacial score (nSPS) is 10.2. The van der Waals surface area contributed by atoms with Crippen LogP contribution in [0.25, 0.3) is 0 Å². The fraction of sp³-hybridized carbons (Fsp3) is 0.263. The SMILES string of the molecule is CC(=O)N(CC(=O)Nc1ccccc1C)Cc1ccc(C)cc1. The van der Waals surface area contributed by atoms with Crippen molar-refractivity contribution in [1.29, 1.82) is 0 Å². The summed E-state index contributed by atoms with van der Waals surface area (Å²) in [5.41, 5.74) is 3.94.